The topological polar surface area (TPSA) is 26.3 Å². The molecule has 2 rings (SSSR count). The maximum absolute atomic E-state index is 10.9. The predicted octanol–water partition coefficient (Wildman–Crippen LogP) is 4.60. The summed E-state index contributed by atoms with van der Waals surface area (Å²) in [6.45, 7) is 2.10. The molecule has 1 heterocycles. The molecule has 0 fully saturated rings. The van der Waals surface area contributed by atoms with Crippen LogP contribution >= 0.6 is 11.6 Å². The van der Waals surface area contributed by atoms with Gasteiger partial charge in [0.15, 0.2) is 0 Å². The molecule has 2 nitrogen and oxygen atoms in total. The molecule has 0 amide bonds. The fourth-order valence-electron chi connectivity index (χ4n) is 1.91. The molecule has 0 spiro atoms. The third kappa shape index (κ3) is 4.10. The maximum atomic E-state index is 10.9. The molecule has 0 saturated heterocycles. The molecule has 0 aromatic heterocycles. The number of hydrogen-bond acceptors (Lipinski definition) is 2. The molecular weight excluding hydrogens is 272 g/mol. The molecule has 0 atom stereocenters. The highest BCUT2D eigenvalue weighted by atomic mass is 35.5. The number of ketones is 1. The fourth-order valence-corrected chi connectivity index (χ4v) is 2.05. The summed E-state index contributed by atoms with van der Waals surface area (Å²) in [5.74, 6) is 1.07. The van der Waals surface area contributed by atoms with Crippen LogP contribution in [-0.4, -0.2) is 12.4 Å². The van der Waals surface area contributed by atoms with Crippen molar-refractivity contribution in [2.24, 2.45) is 0 Å². The number of hydrogen-bond donors (Lipinski definition) is 0. The average molecular weight is 289 g/mol. The number of halogens is 1. The lowest BCUT2D eigenvalue weighted by Crippen LogP contribution is -1.97. The molecule has 104 valence electrons. The van der Waals surface area contributed by atoms with Gasteiger partial charge in [0.1, 0.15) is 18.1 Å². The minimum absolute atomic E-state index is 0.216. The van der Waals surface area contributed by atoms with E-state index < -0.39 is 0 Å². The van der Waals surface area contributed by atoms with E-state index in [1.165, 1.54) is 5.54 Å². The number of benzene rings is 1. The van der Waals surface area contributed by atoms with Crippen LogP contribution in [0.2, 0.25) is 0 Å². The monoisotopic (exact) mass is 288 g/mol. The Hall–Kier alpha value is -1.80. The molecular formula is C17H17ClO2. The molecule has 1 aromatic rings. The lowest BCUT2D eigenvalue weighted by Gasteiger charge is -2.07. The highest BCUT2D eigenvalue weighted by Gasteiger charge is 2.07. The second-order valence-corrected chi connectivity index (χ2v) is 4.96. The zero-order valence-electron chi connectivity index (χ0n) is 11.4. The second-order valence-electron chi connectivity index (χ2n) is 4.75. The quantitative estimate of drug-likeness (QED) is 0.809. The van der Waals surface area contributed by atoms with Crippen molar-refractivity contribution in [2.45, 2.75) is 19.8 Å². The Kier molecular flexibility index (Phi) is 5.19. The number of fused-ring (bicyclic) bond motifs is 1. The smallest absolute Gasteiger partial charge is 0.130 e. The number of Topliss-reactive ketones (excluding diaryl/α,β-unsaturated/α-hetero) is 1. The van der Waals surface area contributed by atoms with E-state index in [9.17, 15) is 4.79 Å². The van der Waals surface area contributed by atoms with Crippen molar-refractivity contribution in [1.82, 2.24) is 0 Å². The molecule has 0 saturated carbocycles. The summed E-state index contributed by atoms with van der Waals surface area (Å²) in [5.41, 5.74) is 4.61. The van der Waals surface area contributed by atoms with Gasteiger partial charge in [0.25, 0.3) is 0 Å². The summed E-state index contributed by atoms with van der Waals surface area (Å²) in [4.78, 5) is 10.9. The third-order valence-electron chi connectivity index (χ3n) is 3.02. The van der Waals surface area contributed by atoms with Crippen molar-refractivity contribution in [3.05, 3.63) is 52.6 Å². The third-order valence-corrected chi connectivity index (χ3v) is 3.30. The van der Waals surface area contributed by atoms with Gasteiger partial charge in [-0.05, 0) is 31.0 Å². The van der Waals surface area contributed by atoms with Gasteiger partial charge < -0.3 is 9.53 Å². The largest absolute Gasteiger partial charge is 0.488 e. The Morgan fingerprint density at radius 1 is 1.40 bits per heavy atom. The van der Waals surface area contributed by atoms with Gasteiger partial charge in [-0.25, -0.2) is 0 Å². The minimum atomic E-state index is 0.216. The van der Waals surface area contributed by atoms with Crippen molar-refractivity contribution in [3.63, 3.8) is 0 Å². The highest BCUT2D eigenvalue weighted by Crippen LogP contribution is 2.26. The van der Waals surface area contributed by atoms with Gasteiger partial charge in [-0.1, -0.05) is 42.0 Å². The summed E-state index contributed by atoms with van der Waals surface area (Å²) in [7, 11) is 0. The molecule has 1 aromatic carbocycles. The first-order valence-corrected chi connectivity index (χ1v) is 7.03. The Balaban J connectivity index is 2.11. The van der Waals surface area contributed by atoms with E-state index in [0.717, 1.165) is 28.9 Å². The van der Waals surface area contributed by atoms with E-state index in [1.807, 2.05) is 36.4 Å². The van der Waals surface area contributed by atoms with E-state index in [1.54, 1.807) is 6.92 Å². The Morgan fingerprint density at radius 2 is 2.25 bits per heavy atom. The molecule has 20 heavy (non-hydrogen) atoms. The first-order valence-electron chi connectivity index (χ1n) is 6.59. The zero-order chi connectivity index (χ0) is 14.4. The first kappa shape index (κ1) is 14.6. The molecule has 0 aliphatic carbocycles. The summed E-state index contributed by atoms with van der Waals surface area (Å²) in [6, 6.07) is 6.03. The van der Waals surface area contributed by atoms with Gasteiger partial charge in [-0.15, -0.1) is 0 Å². The van der Waals surface area contributed by atoms with E-state index >= 15 is 0 Å². The SMILES string of the molecule is CC(=O)CCC=Cc1ccc2c(c1)C=CC(=CCl)CO2. The van der Waals surface area contributed by atoms with Crippen LogP contribution in [0.4, 0.5) is 0 Å². The van der Waals surface area contributed by atoms with Crippen molar-refractivity contribution in [1.29, 1.82) is 0 Å². The first-order chi connectivity index (χ1) is 9.69. The van der Waals surface area contributed by atoms with Gasteiger partial charge in [0.05, 0.1) is 0 Å². The number of allylic oxidation sites excluding steroid dienone is 1. The summed E-state index contributed by atoms with van der Waals surface area (Å²) < 4.78 is 5.68. The molecule has 0 N–H and O–H groups in total. The standard InChI is InChI=1S/C17H17ClO2/c1-13(19)4-2-3-5-14-7-9-17-16(10-14)8-6-15(11-18)12-20-17/h3,5-11H,2,4,12H2,1H3. The number of ether oxygens (including phenoxy) is 1. The zero-order valence-corrected chi connectivity index (χ0v) is 12.2. The van der Waals surface area contributed by atoms with Gasteiger partial charge in [-0.3, -0.25) is 0 Å². The lowest BCUT2D eigenvalue weighted by atomic mass is 10.1. The van der Waals surface area contributed by atoms with E-state index in [4.69, 9.17) is 16.3 Å². The molecule has 1 aliphatic rings. The minimum Gasteiger partial charge on any atom is -0.488 e. The molecule has 0 radical (unpaired) electrons. The van der Waals surface area contributed by atoms with Crippen LogP contribution in [0.25, 0.3) is 12.2 Å². The van der Waals surface area contributed by atoms with Crippen LogP contribution in [-0.2, 0) is 4.79 Å². The van der Waals surface area contributed by atoms with E-state index in [-0.39, 0.29) is 5.78 Å². The number of carbonyl (C=O) groups excluding carboxylic acids is 1. The van der Waals surface area contributed by atoms with Crippen LogP contribution in [0.15, 0.2) is 41.5 Å². The number of carbonyl (C=O) groups is 1. The van der Waals surface area contributed by atoms with Crippen LogP contribution in [0, 0.1) is 0 Å². The summed E-state index contributed by atoms with van der Waals surface area (Å²) in [5, 5.41) is 0. The van der Waals surface area contributed by atoms with Crippen LogP contribution in [0.3, 0.4) is 0 Å². The summed E-state index contributed by atoms with van der Waals surface area (Å²) in [6.07, 6.45) is 9.38. The van der Waals surface area contributed by atoms with Crippen LogP contribution in [0.5, 0.6) is 5.75 Å². The van der Waals surface area contributed by atoms with Crippen molar-refractivity contribution < 1.29 is 9.53 Å². The highest BCUT2D eigenvalue weighted by molar-refractivity contribution is 6.25. The lowest BCUT2D eigenvalue weighted by molar-refractivity contribution is -0.116. The second kappa shape index (κ2) is 7.11. The van der Waals surface area contributed by atoms with Gasteiger partial charge in [0, 0.05) is 23.1 Å². The maximum Gasteiger partial charge on any atom is 0.130 e. The fraction of sp³-hybridized carbons (Fsp3) is 0.235. The normalized spacial score (nSPS) is 16.0. The van der Waals surface area contributed by atoms with Gasteiger partial charge >= 0.3 is 0 Å². The number of rotatable bonds is 4. The molecule has 1 aliphatic heterocycles. The van der Waals surface area contributed by atoms with Gasteiger partial charge in [-0.2, -0.15) is 0 Å². The molecule has 3 heteroatoms. The van der Waals surface area contributed by atoms with Crippen LogP contribution in [0.1, 0.15) is 30.9 Å². The summed E-state index contributed by atoms with van der Waals surface area (Å²) >= 11 is 5.71. The average Bonchev–Trinajstić information content (AvgIpc) is 2.65. The molecule has 0 unspecified atom stereocenters. The van der Waals surface area contributed by atoms with Crippen molar-refractivity contribution in [3.8, 4) is 5.75 Å². The van der Waals surface area contributed by atoms with Crippen molar-refractivity contribution in [2.75, 3.05) is 6.61 Å². The van der Waals surface area contributed by atoms with Crippen molar-refractivity contribution >= 4 is 29.5 Å². The Bertz CT molecular complexity index is 583. The van der Waals surface area contributed by atoms with E-state index in [2.05, 4.69) is 6.07 Å². The predicted molar refractivity (Wildman–Crippen MR) is 83.9 cm³/mol. The van der Waals surface area contributed by atoms with Gasteiger partial charge in [0.2, 0.25) is 0 Å². The van der Waals surface area contributed by atoms with Crippen LogP contribution < -0.4 is 4.74 Å². The van der Waals surface area contributed by atoms with E-state index in [0.29, 0.717) is 13.0 Å². The Morgan fingerprint density at radius 3 is 3.00 bits per heavy atom. The molecule has 0 bridgehead atoms. The Labute approximate surface area is 124 Å².